The molecule has 6 heteroatoms. The minimum absolute atomic E-state index is 0.244. The summed E-state index contributed by atoms with van der Waals surface area (Å²) in [6.45, 7) is 9.70. The topological polar surface area (TPSA) is 58.9 Å². The highest BCUT2D eigenvalue weighted by molar-refractivity contribution is 4.97. The van der Waals surface area contributed by atoms with Gasteiger partial charge in [0.05, 0.1) is 13.6 Å². The Labute approximate surface area is 115 Å². The average Bonchev–Trinajstić information content (AvgIpc) is 2.84. The van der Waals surface area contributed by atoms with Crippen LogP contribution in [0.4, 0.5) is 0 Å². The van der Waals surface area contributed by atoms with Gasteiger partial charge in [0, 0.05) is 24.7 Å². The van der Waals surface area contributed by atoms with Crippen molar-refractivity contribution in [2.45, 2.75) is 58.2 Å². The second-order valence-electron chi connectivity index (χ2n) is 5.53. The lowest BCUT2D eigenvalue weighted by Crippen LogP contribution is -2.63. The third kappa shape index (κ3) is 3.12. The summed E-state index contributed by atoms with van der Waals surface area (Å²) in [5.74, 6) is 0.823. The smallest absolute Gasteiger partial charge is 0.188 e. The molecular formula is C13H26N6. The normalized spacial score (nSPS) is 23.7. The second-order valence-corrected chi connectivity index (χ2v) is 5.53. The number of nitrogens with one attached hydrogen (secondary N) is 1. The lowest BCUT2D eigenvalue weighted by Gasteiger charge is -2.47. The predicted molar refractivity (Wildman–Crippen MR) is 74.6 cm³/mol. The van der Waals surface area contributed by atoms with Crippen molar-refractivity contribution in [1.29, 1.82) is 0 Å². The van der Waals surface area contributed by atoms with Crippen LogP contribution in [0.2, 0.25) is 0 Å². The van der Waals surface area contributed by atoms with Gasteiger partial charge in [-0.25, -0.2) is 0 Å². The lowest BCUT2D eigenvalue weighted by atomic mass is 9.88. The van der Waals surface area contributed by atoms with E-state index in [9.17, 15) is 0 Å². The molecule has 1 unspecified atom stereocenters. The lowest BCUT2D eigenvalue weighted by molar-refractivity contribution is 0.0622. The zero-order valence-corrected chi connectivity index (χ0v) is 12.6. The van der Waals surface area contributed by atoms with Gasteiger partial charge >= 0.3 is 0 Å². The summed E-state index contributed by atoms with van der Waals surface area (Å²) in [5, 5.41) is 16.1. The van der Waals surface area contributed by atoms with Gasteiger partial charge in [-0.3, -0.25) is 4.90 Å². The van der Waals surface area contributed by atoms with E-state index in [2.05, 4.69) is 46.4 Å². The fourth-order valence-electron chi connectivity index (χ4n) is 2.92. The number of rotatable bonds is 5. The van der Waals surface area contributed by atoms with E-state index in [4.69, 9.17) is 0 Å². The predicted octanol–water partition coefficient (Wildman–Crippen LogP) is 0.953. The van der Waals surface area contributed by atoms with Gasteiger partial charge in [0.25, 0.3) is 0 Å². The highest BCUT2D eigenvalue weighted by Gasteiger charge is 2.36. The zero-order chi connectivity index (χ0) is 13.9. The molecule has 0 amide bonds. The van der Waals surface area contributed by atoms with Crippen molar-refractivity contribution >= 4 is 0 Å². The molecule has 6 nitrogen and oxygen atoms in total. The van der Waals surface area contributed by atoms with Crippen LogP contribution in [-0.2, 0) is 13.6 Å². The molecule has 1 aromatic rings. The van der Waals surface area contributed by atoms with Gasteiger partial charge in [0.2, 0.25) is 0 Å². The van der Waals surface area contributed by atoms with Crippen molar-refractivity contribution in [1.82, 2.24) is 30.4 Å². The molecule has 1 saturated heterocycles. The number of hydrogen-bond acceptors (Lipinski definition) is 5. The monoisotopic (exact) mass is 266 g/mol. The van der Waals surface area contributed by atoms with Crippen LogP contribution in [0.5, 0.6) is 0 Å². The van der Waals surface area contributed by atoms with Crippen LogP contribution < -0.4 is 5.32 Å². The van der Waals surface area contributed by atoms with Gasteiger partial charge in [0.15, 0.2) is 5.82 Å². The van der Waals surface area contributed by atoms with Gasteiger partial charge in [-0.2, -0.15) is 4.80 Å². The van der Waals surface area contributed by atoms with Gasteiger partial charge in [-0.15, -0.1) is 10.2 Å². The van der Waals surface area contributed by atoms with Crippen molar-refractivity contribution < 1.29 is 0 Å². The highest BCUT2D eigenvalue weighted by Crippen LogP contribution is 2.24. The van der Waals surface area contributed by atoms with E-state index < -0.39 is 0 Å². The Morgan fingerprint density at radius 2 is 2.05 bits per heavy atom. The number of aromatic nitrogens is 4. The first-order valence-electron chi connectivity index (χ1n) is 7.34. The van der Waals surface area contributed by atoms with E-state index in [1.807, 2.05) is 7.05 Å². The van der Waals surface area contributed by atoms with Crippen LogP contribution >= 0.6 is 0 Å². The van der Waals surface area contributed by atoms with Crippen molar-refractivity contribution in [2.24, 2.45) is 7.05 Å². The molecule has 0 saturated carbocycles. The molecule has 2 rings (SSSR count). The summed E-state index contributed by atoms with van der Waals surface area (Å²) in [6.07, 6.45) is 3.46. The van der Waals surface area contributed by atoms with Crippen LogP contribution in [0.15, 0.2) is 0 Å². The van der Waals surface area contributed by atoms with Crippen LogP contribution in [0.25, 0.3) is 0 Å². The first-order chi connectivity index (χ1) is 9.12. The first kappa shape index (κ1) is 14.4. The summed E-state index contributed by atoms with van der Waals surface area (Å²) in [5.41, 5.74) is 0.244. The largest absolute Gasteiger partial charge is 0.308 e. The maximum Gasteiger partial charge on any atom is 0.188 e. The molecule has 0 bridgehead atoms. The number of tetrazole rings is 1. The molecule has 0 spiro atoms. The molecule has 19 heavy (non-hydrogen) atoms. The molecule has 1 fully saturated rings. The van der Waals surface area contributed by atoms with Crippen LogP contribution in [0.1, 0.15) is 45.9 Å². The summed E-state index contributed by atoms with van der Waals surface area (Å²) >= 11 is 0. The Bertz CT molecular complexity index is 398. The maximum atomic E-state index is 4.31. The second kappa shape index (κ2) is 5.96. The Morgan fingerprint density at radius 1 is 1.32 bits per heavy atom. The minimum Gasteiger partial charge on any atom is -0.308 e. The number of nitrogens with zero attached hydrogens (tertiary/aromatic N) is 5. The number of hydrogen-bond donors (Lipinski definition) is 1. The van der Waals surface area contributed by atoms with E-state index in [1.54, 1.807) is 0 Å². The third-order valence-corrected chi connectivity index (χ3v) is 4.45. The molecule has 0 aromatic carbocycles. The van der Waals surface area contributed by atoms with E-state index in [1.165, 1.54) is 4.80 Å². The molecular weight excluding hydrogens is 240 g/mol. The van der Waals surface area contributed by atoms with Crippen molar-refractivity contribution in [3.63, 3.8) is 0 Å². The van der Waals surface area contributed by atoms with Gasteiger partial charge in [-0.05, 0) is 24.5 Å². The number of aryl methyl sites for hydroxylation is 1. The molecule has 1 N–H and O–H groups in total. The average molecular weight is 266 g/mol. The molecule has 1 aromatic heterocycles. The minimum atomic E-state index is 0.244. The Morgan fingerprint density at radius 3 is 2.58 bits per heavy atom. The quantitative estimate of drug-likeness (QED) is 0.860. The van der Waals surface area contributed by atoms with Crippen LogP contribution in [0, 0.1) is 0 Å². The standard InChI is InChI=1S/C13H26N6/c1-5-11-8-14-13(6-2,7-3)10-19(11)9-12-15-17-18(4)16-12/h11,14H,5-10H2,1-4H3. The van der Waals surface area contributed by atoms with Crippen molar-refractivity contribution in [3.8, 4) is 0 Å². The summed E-state index contributed by atoms with van der Waals surface area (Å²) < 4.78 is 0. The van der Waals surface area contributed by atoms with Crippen molar-refractivity contribution in [3.05, 3.63) is 5.82 Å². The van der Waals surface area contributed by atoms with E-state index in [0.29, 0.717) is 6.04 Å². The first-order valence-corrected chi connectivity index (χ1v) is 7.34. The van der Waals surface area contributed by atoms with Crippen LogP contribution in [-0.4, -0.2) is 49.8 Å². The molecule has 2 heterocycles. The molecule has 1 aliphatic heterocycles. The van der Waals surface area contributed by atoms with E-state index in [0.717, 1.165) is 44.7 Å². The maximum absolute atomic E-state index is 4.31. The molecule has 1 aliphatic rings. The molecule has 0 aliphatic carbocycles. The SMILES string of the molecule is CCC1CNC(CC)(CC)CN1Cc1nnn(C)n1. The molecule has 108 valence electrons. The van der Waals surface area contributed by atoms with E-state index in [-0.39, 0.29) is 5.54 Å². The summed E-state index contributed by atoms with van der Waals surface area (Å²) in [4.78, 5) is 4.05. The van der Waals surface area contributed by atoms with Gasteiger partial charge in [0.1, 0.15) is 0 Å². The molecule has 1 atom stereocenters. The van der Waals surface area contributed by atoms with Crippen LogP contribution in [0.3, 0.4) is 0 Å². The van der Waals surface area contributed by atoms with Gasteiger partial charge < -0.3 is 5.32 Å². The number of piperazine rings is 1. The highest BCUT2D eigenvalue weighted by atomic mass is 15.6. The summed E-state index contributed by atoms with van der Waals surface area (Å²) in [7, 11) is 1.81. The summed E-state index contributed by atoms with van der Waals surface area (Å²) in [6, 6.07) is 0.565. The van der Waals surface area contributed by atoms with E-state index >= 15 is 0 Å². The Balaban J connectivity index is 2.09. The zero-order valence-electron chi connectivity index (χ0n) is 12.6. The van der Waals surface area contributed by atoms with Crippen molar-refractivity contribution in [2.75, 3.05) is 13.1 Å². The fraction of sp³-hybridized carbons (Fsp3) is 0.923. The Kier molecular flexibility index (Phi) is 4.52. The fourth-order valence-corrected chi connectivity index (χ4v) is 2.92. The third-order valence-electron chi connectivity index (χ3n) is 4.45. The molecule has 0 radical (unpaired) electrons. The Hall–Kier alpha value is -1.01. The van der Waals surface area contributed by atoms with Gasteiger partial charge in [-0.1, -0.05) is 20.8 Å².